The van der Waals surface area contributed by atoms with Gasteiger partial charge in [-0.3, -0.25) is 4.79 Å². The second kappa shape index (κ2) is 7.85. The molecule has 1 aliphatic heterocycles. The first-order valence-corrected chi connectivity index (χ1v) is 7.63. The maximum Gasteiger partial charge on any atom is 0.306 e. The summed E-state index contributed by atoms with van der Waals surface area (Å²) < 4.78 is 0. The van der Waals surface area contributed by atoms with Gasteiger partial charge >= 0.3 is 5.97 Å². The molecule has 1 N–H and O–H groups in total. The minimum atomic E-state index is -0.818. The molecule has 0 aromatic rings. The number of rotatable bonds is 8. The number of carboxylic acid groups (broad SMARTS) is 1. The van der Waals surface area contributed by atoms with Crippen LogP contribution in [0.1, 0.15) is 72.1 Å². The normalized spacial score (nSPS) is 31.3. The SMILES string of the molecule is CCCCC[C@]1(CC)C[C@H](CC)[C@H](CC(=O)O)OO1. The van der Waals surface area contributed by atoms with Crippen LogP contribution >= 0.6 is 0 Å². The first-order chi connectivity index (χ1) is 9.06. The lowest BCUT2D eigenvalue weighted by atomic mass is 9.79. The number of aliphatic carboxylic acids is 1. The average molecular weight is 272 g/mol. The van der Waals surface area contributed by atoms with Crippen molar-refractivity contribution < 1.29 is 19.7 Å². The molecule has 0 spiro atoms. The highest BCUT2D eigenvalue weighted by Crippen LogP contribution is 2.39. The number of hydrogen-bond donors (Lipinski definition) is 1. The second-order valence-electron chi connectivity index (χ2n) is 5.68. The summed E-state index contributed by atoms with van der Waals surface area (Å²) in [6, 6.07) is 0. The van der Waals surface area contributed by atoms with E-state index >= 15 is 0 Å². The van der Waals surface area contributed by atoms with E-state index in [9.17, 15) is 4.79 Å². The Morgan fingerprint density at radius 3 is 2.58 bits per heavy atom. The monoisotopic (exact) mass is 272 g/mol. The molecular weight excluding hydrogens is 244 g/mol. The topological polar surface area (TPSA) is 55.8 Å². The highest BCUT2D eigenvalue weighted by molar-refractivity contribution is 5.67. The highest BCUT2D eigenvalue weighted by atomic mass is 17.2. The van der Waals surface area contributed by atoms with E-state index in [-0.39, 0.29) is 24.0 Å². The van der Waals surface area contributed by atoms with Crippen molar-refractivity contribution in [3.05, 3.63) is 0 Å². The Balaban J connectivity index is 2.60. The van der Waals surface area contributed by atoms with Crippen molar-refractivity contribution in [3.63, 3.8) is 0 Å². The molecule has 1 saturated heterocycles. The van der Waals surface area contributed by atoms with Gasteiger partial charge in [0, 0.05) is 0 Å². The fourth-order valence-electron chi connectivity index (χ4n) is 2.89. The van der Waals surface area contributed by atoms with Crippen LogP contribution in [0.5, 0.6) is 0 Å². The minimum absolute atomic E-state index is 0.0350. The Kier molecular flexibility index (Phi) is 6.80. The summed E-state index contributed by atoms with van der Waals surface area (Å²) in [5.74, 6) is -0.534. The van der Waals surface area contributed by atoms with Gasteiger partial charge in [-0.25, -0.2) is 9.78 Å². The van der Waals surface area contributed by atoms with Gasteiger partial charge in [-0.05, 0) is 25.2 Å². The third-order valence-electron chi connectivity index (χ3n) is 4.29. The lowest BCUT2D eigenvalue weighted by molar-refractivity contribution is -0.423. The fourth-order valence-corrected chi connectivity index (χ4v) is 2.89. The van der Waals surface area contributed by atoms with Gasteiger partial charge < -0.3 is 5.11 Å². The molecule has 1 rings (SSSR count). The predicted octanol–water partition coefficient (Wildman–Crippen LogP) is 3.94. The van der Waals surface area contributed by atoms with E-state index < -0.39 is 5.97 Å². The molecule has 1 heterocycles. The minimum Gasteiger partial charge on any atom is -0.481 e. The molecule has 0 amide bonds. The summed E-state index contributed by atoms with van der Waals surface area (Å²) in [5.41, 5.74) is -0.204. The Morgan fingerprint density at radius 2 is 2.05 bits per heavy atom. The molecule has 0 aliphatic carbocycles. The van der Waals surface area contributed by atoms with E-state index in [1.54, 1.807) is 0 Å². The van der Waals surface area contributed by atoms with Crippen LogP contribution in [0, 0.1) is 5.92 Å². The number of carboxylic acids is 1. The average Bonchev–Trinajstić information content (AvgIpc) is 2.40. The van der Waals surface area contributed by atoms with Crippen LogP contribution < -0.4 is 0 Å². The molecule has 19 heavy (non-hydrogen) atoms. The van der Waals surface area contributed by atoms with Crippen molar-refractivity contribution in [2.75, 3.05) is 0 Å². The Hall–Kier alpha value is -0.610. The molecule has 3 atom stereocenters. The van der Waals surface area contributed by atoms with Gasteiger partial charge in [-0.2, -0.15) is 0 Å². The Labute approximate surface area is 116 Å². The summed E-state index contributed by atoms with van der Waals surface area (Å²) in [5, 5.41) is 8.90. The first kappa shape index (κ1) is 16.4. The van der Waals surface area contributed by atoms with Crippen LogP contribution in [-0.2, 0) is 14.6 Å². The van der Waals surface area contributed by atoms with Crippen molar-refractivity contribution >= 4 is 5.97 Å². The van der Waals surface area contributed by atoms with Crippen molar-refractivity contribution in [2.45, 2.75) is 83.8 Å². The molecule has 0 saturated carbocycles. The molecule has 112 valence electrons. The van der Waals surface area contributed by atoms with Gasteiger partial charge in [-0.1, -0.05) is 46.5 Å². The van der Waals surface area contributed by atoms with E-state index in [2.05, 4.69) is 20.8 Å². The van der Waals surface area contributed by atoms with Gasteiger partial charge in [0.2, 0.25) is 0 Å². The van der Waals surface area contributed by atoms with Crippen LogP contribution in [0.15, 0.2) is 0 Å². The summed E-state index contributed by atoms with van der Waals surface area (Å²) >= 11 is 0. The lowest BCUT2D eigenvalue weighted by Crippen LogP contribution is -2.45. The summed E-state index contributed by atoms with van der Waals surface area (Å²) in [6.45, 7) is 6.41. The van der Waals surface area contributed by atoms with E-state index in [1.165, 1.54) is 12.8 Å². The molecule has 0 aromatic carbocycles. The van der Waals surface area contributed by atoms with Gasteiger partial charge in [0.1, 0.15) is 11.7 Å². The number of hydrogen-bond acceptors (Lipinski definition) is 3. The van der Waals surface area contributed by atoms with Gasteiger partial charge in [0.05, 0.1) is 6.42 Å². The second-order valence-corrected chi connectivity index (χ2v) is 5.68. The van der Waals surface area contributed by atoms with E-state index in [0.717, 1.165) is 32.1 Å². The van der Waals surface area contributed by atoms with E-state index in [0.29, 0.717) is 0 Å². The van der Waals surface area contributed by atoms with Crippen LogP contribution in [0.2, 0.25) is 0 Å². The highest BCUT2D eigenvalue weighted by Gasteiger charge is 2.42. The third-order valence-corrected chi connectivity index (χ3v) is 4.29. The van der Waals surface area contributed by atoms with Gasteiger partial charge in [0.25, 0.3) is 0 Å². The standard InChI is InChI=1S/C15H28O4/c1-4-7-8-9-15(6-3)11-12(5-2)13(18-19-15)10-14(16)17/h12-13H,4-11H2,1-3H3,(H,16,17)/t12-,13-,15+/m0/s1. The molecule has 0 unspecified atom stereocenters. The Bertz CT molecular complexity index is 279. The smallest absolute Gasteiger partial charge is 0.306 e. The summed E-state index contributed by atoms with van der Waals surface area (Å²) in [7, 11) is 0. The number of unbranched alkanes of at least 4 members (excludes halogenated alkanes) is 2. The quantitative estimate of drug-likeness (QED) is 0.537. The Morgan fingerprint density at radius 1 is 1.32 bits per heavy atom. The van der Waals surface area contributed by atoms with Gasteiger partial charge in [0.15, 0.2) is 0 Å². The van der Waals surface area contributed by atoms with Crippen LogP contribution in [0.25, 0.3) is 0 Å². The van der Waals surface area contributed by atoms with Crippen molar-refractivity contribution in [2.24, 2.45) is 5.92 Å². The number of carbonyl (C=O) groups is 1. The van der Waals surface area contributed by atoms with Crippen molar-refractivity contribution in [1.82, 2.24) is 0 Å². The summed E-state index contributed by atoms with van der Waals surface area (Å²) in [4.78, 5) is 21.9. The van der Waals surface area contributed by atoms with E-state index in [1.807, 2.05) is 0 Å². The molecule has 0 aromatic heterocycles. The molecule has 1 fully saturated rings. The lowest BCUT2D eigenvalue weighted by Gasteiger charge is -2.42. The first-order valence-electron chi connectivity index (χ1n) is 7.63. The largest absolute Gasteiger partial charge is 0.481 e. The van der Waals surface area contributed by atoms with Crippen LogP contribution in [-0.4, -0.2) is 22.8 Å². The molecule has 4 heteroatoms. The fraction of sp³-hybridized carbons (Fsp3) is 0.933. The molecule has 4 nitrogen and oxygen atoms in total. The van der Waals surface area contributed by atoms with Gasteiger partial charge in [-0.15, -0.1) is 0 Å². The summed E-state index contributed by atoms with van der Waals surface area (Å²) in [6.07, 6.45) is 7.08. The maximum atomic E-state index is 10.8. The zero-order valence-corrected chi connectivity index (χ0v) is 12.5. The van der Waals surface area contributed by atoms with Crippen molar-refractivity contribution in [3.8, 4) is 0 Å². The molecule has 0 radical (unpaired) electrons. The third kappa shape index (κ3) is 4.77. The van der Waals surface area contributed by atoms with Crippen molar-refractivity contribution in [1.29, 1.82) is 0 Å². The molecular formula is C15H28O4. The zero-order chi connectivity index (χ0) is 14.3. The predicted molar refractivity (Wildman–Crippen MR) is 73.8 cm³/mol. The molecule has 1 aliphatic rings. The van der Waals surface area contributed by atoms with E-state index in [4.69, 9.17) is 14.9 Å². The van der Waals surface area contributed by atoms with Crippen LogP contribution in [0.3, 0.4) is 0 Å². The van der Waals surface area contributed by atoms with Crippen LogP contribution in [0.4, 0.5) is 0 Å². The maximum absolute atomic E-state index is 10.8. The zero-order valence-electron chi connectivity index (χ0n) is 12.5. The molecule has 0 bridgehead atoms.